The lowest BCUT2D eigenvalue weighted by Crippen LogP contribution is -2.20. The molecular formula is C8H15NO3S. The van der Waals surface area contributed by atoms with Crippen molar-refractivity contribution in [3.05, 3.63) is 0 Å². The molecule has 0 radical (unpaired) electrons. The van der Waals surface area contributed by atoms with Gasteiger partial charge in [0.05, 0.1) is 5.75 Å². The van der Waals surface area contributed by atoms with Gasteiger partial charge < -0.3 is 10.4 Å². The van der Waals surface area contributed by atoms with Crippen LogP contribution in [0.25, 0.3) is 0 Å². The lowest BCUT2D eigenvalue weighted by Gasteiger charge is -2.00. The van der Waals surface area contributed by atoms with Crippen LogP contribution < -0.4 is 5.32 Å². The summed E-state index contributed by atoms with van der Waals surface area (Å²) in [5.41, 5.74) is 0. The molecule has 0 saturated heterocycles. The van der Waals surface area contributed by atoms with Crippen LogP contribution in [0, 0.1) is 0 Å². The fraction of sp³-hybridized carbons (Fsp3) is 0.750. The van der Waals surface area contributed by atoms with Gasteiger partial charge in [0.2, 0.25) is 5.91 Å². The van der Waals surface area contributed by atoms with Gasteiger partial charge in [-0.05, 0) is 18.6 Å². The number of amides is 1. The minimum absolute atomic E-state index is 0.0156. The fourth-order valence-corrected chi connectivity index (χ4v) is 1.48. The van der Waals surface area contributed by atoms with Crippen molar-refractivity contribution >= 4 is 23.6 Å². The van der Waals surface area contributed by atoms with E-state index in [1.165, 1.54) is 18.7 Å². The smallest absolute Gasteiger partial charge is 0.313 e. The van der Waals surface area contributed by atoms with E-state index in [-0.39, 0.29) is 11.7 Å². The molecule has 13 heavy (non-hydrogen) atoms. The number of hydrogen-bond acceptors (Lipinski definition) is 3. The van der Waals surface area contributed by atoms with Crippen molar-refractivity contribution in [2.45, 2.75) is 19.8 Å². The number of carbonyl (C=O) groups is 2. The zero-order valence-corrected chi connectivity index (χ0v) is 8.52. The maximum atomic E-state index is 10.4. The fourth-order valence-electron chi connectivity index (χ4n) is 0.753. The average Bonchev–Trinajstić information content (AvgIpc) is 2.01. The minimum atomic E-state index is -0.771. The number of carbonyl (C=O) groups excluding carboxylic acids is 1. The molecule has 0 aliphatic carbocycles. The Hall–Kier alpha value is -0.710. The van der Waals surface area contributed by atoms with Gasteiger partial charge in [0.15, 0.2) is 0 Å². The summed E-state index contributed by atoms with van der Waals surface area (Å²) in [5, 5.41) is 11.0. The molecule has 0 rings (SSSR count). The molecule has 0 aromatic carbocycles. The number of rotatable bonds is 7. The molecule has 0 saturated carbocycles. The molecule has 0 fully saturated rings. The second-order valence-electron chi connectivity index (χ2n) is 2.64. The molecule has 0 aliphatic rings. The molecule has 0 atom stereocenters. The molecule has 4 nitrogen and oxygen atoms in total. The SMILES string of the molecule is CC(=O)NCCCCSCC(=O)O. The maximum Gasteiger partial charge on any atom is 0.313 e. The van der Waals surface area contributed by atoms with Crippen LogP contribution in [-0.4, -0.2) is 35.0 Å². The van der Waals surface area contributed by atoms with Gasteiger partial charge in [-0.25, -0.2) is 0 Å². The lowest BCUT2D eigenvalue weighted by molar-refractivity contribution is -0.133. The van der Waals surface area contributed by atoms with Crippen molar-refractivity contribution < 1.29 is 14.7 Å². The van der Waals surface area contributed by atoms with Gasteiger partial charge in [-0.15, -0.1) is 0 Å². The molecule has 0 aromatic rings. The number of thioether (sulfide) groups is 1. The molecule has 0 unspecified atom stereocenters. The summed E-state index contributed by atoms with van der Waals surface area (Å²) in [6, 6.07) is 0. The second-order valence-corrected chi connectivity index (χ2v) is 3.74. The molecule has 1 amide bonds. The molecular weight excluding hydrogens is 190 g/mol. The van der Waals surface area contributed by atoms with Crippen LogP contribution in [0.1, 0.15) is 19.8 Å². The van der Waals surface area contributed by atoms with Gasteiger partial charge in [-0.3, -0.25) is 9.59 Å². The molecule has 0 bridgehead atoms. The van der Waals surface area contributed by atoms with Crippen LogP contribution in [0.2, 0.25) is 0 Å². The van der Waals surface area contributed by atoms with Gasteiger partial charge >= 0.3 is 5.97 Å². The van der Waals surface area contributed by atoms with Gasteiger partial charge in [-0.2, -0.15) is 11.8 Å². The van der Waals surface area contributed by atoms with Gasteiger partial charge in [-0.1, -0.05) is 0 Å². The number of aliphatic carboxylic acids is 1. The summed E-state index contributed by atoms with van der Waals surface area (Å²) in [6.45, 7) is 2.17. The van der Waals surface area contributed by atoms with E-state index >= 15 is 0 Å². The standard InChI is InChI=1S/C8H15NO3S/c1-7(10)9-4-2-3-5-13-6-8(11)12/h2-6H2,1H3,(H,9,10)(H,11,12). The highest BCUT2D eigenvalue weighted by Gasteiger charge is 1.96. The van der Waals surface area contributed by atoms with Crippen LogP contribution >= 0.6 is 11.8 Å². The molecule has 2 N–H and O–H groups in total. The summed E-state index contributed by atoms with van der Waals surface area (Å²) < 4.78 is 0. The first-order valence-corrected chi connectivity index (χ1v) is 5.32. The topological polar surface area (TPSA) is 66.4 Å². The van der Waals surface area contributed by atoms with E-state index in [0.29, 0.717) is 6.54 Å². The van der Waals surface area contributed by atoms with E-state index in [1.54, 1.807) is 0 Å². The van der Waals surface area contributed by atoms with Crippen LogP contribution in [0.3, 0.4) is 0 Å². The number of carboxylic acids is 1. The Morgan fingerprint density at radius 3 is 2.62 bits per heavy atom. The Morgan fingerprint density at radius 1 is 1.38 bits per heavy atom. The predicted molar refractivity (Wildman–Crippen MR) is 52.9 cm³/mol. The normalized spacial score (nSPS) is 9.62. The van der Waals surface area contributed by atoms with Crippen molar-refractivity contribution in [1.82, 2.24) is 5.32 Å². The Labute approximate surface area is 82.1 Å². The predicted octanol–water partition coefficient (Wildman–Crippen LogP) is 0.721. The van der Waals surface area contributed by atoms with Gasteiger partial charge in [0.1, 0.15) is 0 Å². The number of nitrogens with one attached hydrogen (secondary N) is 1. The Kier molecular flexibility index (Phi) is 7.48. The first-order chi connectivity index (χ1) is 6.13. The molecule has 0 heterocycles. The van der Waals surface area contributed by atoms with Crippen molar-refractivity contribution in [3.63, 3.8) is 0 Å². The van der Waals surface area contributed by atoms with Gasteiger partial charge in [0, 0.05) is 13.5 Å². The third kappa shape index (κ3) is 11.3. The average molecular weight is 205 g/mol. The highest BCUT2D eigenvalue weighted by molar-refractivity contribution is 7.99. The highest BCUT2D eigenvalue weighted by atomic mass is 32.2. The molecule has 0 spiro atoms. The first kappa shape index (κ1) is 12.3. The zero-order chi connectivity index (χ0) is 10.1. The summed E-state index contributed by atoms with van der Waals surface area (Å²) in [5.74, 6) is 0.219. The zero-order valence-electron chi connectivity index (χ0n) is 7.71. The quantitative estimate of drug-likeness (QED) is 0.601. The minimum Gasteiger partial charge on any atom is -0.481 e. The van der Waals surface area contributed by atoms with Crippen molar-refractivity contribution in [3.8, 4) is 0 Å². The van der Waals surface area contributed by atoms with E-state index in [2.05, 4.69) is 5.32 Å². The lowest BCUT2D eigenvalue weighted by atomic mass is 10.3. The maximum absolute atomic E-state index is 10.4. The van der Waals surface area contributed by atoms with Crippen molar-refractivity contribution in [1.29, 1.82) is 0 Å². The number of carboxylic acid groups (broad SMARTS) is 1. The summed E-state index contributed by atoms with van der Waals surface area (Å²) in [6.07, 6.45) is 1.85. The van der Waals surface area contributed by atoms with Crippen LogP contribution in [-0.2, 0) is 9.59 Å². The third-order valence-corrected chi connectivity index (χ3v) is 2.34. The third-order valence-electron chi connectivity index (χ3n) is 1.31. The summed E-state index contributed by atoms with van der Waals surface area (Å²) >= 11 is 1.41. The largest absolute Gasteiger partial charge is 0.481 e. The highest BCUT2D eigenvalue weighted by Crippen LogP contribution is 2.03. The Bertz CT molecular complexity index is 155. The van der Waals surface area contributed by atoms with Gasteiger partial charge in [0.25, 0.3) is 0 Å². The second kappa shape index (κ2) is 7.91. The van der Waals surface area contributed by atoms with Crippen LogP contribution in [0.4, 0.5) is 0 Å². The molecule has 0 aliphatic heterocycles. The first-order valence-electron chi connectivity index (χ1n) is 4.17. The Morgan fingerprint density at radius 2 is 2.08 bits per heavy atom. The number of hydrogen-bond donors (Lipinski definition) is 2. The van der Waals surface area contributed by atoms with E-state index < -0.39 is 5.97 Å². The van der Waals surface area contributed by atoms with E-state index in [9.17, 15) is 9.59 Å². The van der Waals surface area contributed by atoms with Crippen molar-refractivity contribution in [2.24, 2.45) is 0 Å². The van der Waals surface area contributed by atoms with E-state index in [1.807, 2.05) is 0 Å². The van der Waals surface area contributed by atoms with Crippen molar-refractivity contribution in [2.75, 3.05) is 18.1 Å². The van der Waals surface area contributed by atoms with Crippen LogP contribution in [0.5, 0.6) is 0 Å². The molecule has 5 heteroatoms. The molecule has 0 aromatic heterocycles. The summed E-state index contributed by atoms with van der Waals surface area (Å²) in [7, 11) is 0. The summed E-state index contributed by atoms with van der Waals surface area (Å²) in [4.78, 5) is 20.5. The Balaban J connectivity index is 3.00. The van der Waals surface area contributed by atoms with Crippen LogP contribution in [0.15, 0.2) is 0 Å². The molecule has 76 valence electrons. The van der Waals surface area contributed by atoms with E-state index in [0.717, 1.165) is 18.6 Å². The van der Waals surface area contributed by atoms with E-state index in [4.69, 9.17) is 5.11 Å². The number of unbranched alkanes of at least 4 members (excludes halogenated alkanes) is 1. The monoisotopic (exact) mass is 205 g/mol.